The monoisotopic (exact) mass is 398 g/mol. The Kier molecular flexibility index (Phi) is 4.63. The number of rotatable bonds is 3. The van der Waals surface area contributed by atoms with Crippen LogP contribution in [0, 0.1) is 17.4 Å². The molecule has 0 spiro atoms. The third-order valence-electron chi connectivity index (χ3n) is 4.22. The molecule has 22 heavy (non-hydrogen) atoms. The topological polar surface area (TPSA) is 0 Å². The minimum Gasteiger partial charge on any atom is -0.0620 e. The largest absolute Gasteiger partial charge is 0.0620 e. The van der Waals surface area contributed by atoms with Crippen molar-refractivity contribution in [2.45, 2.75) is 19.8 Å². The van der Waals surface area contributed by atoms with E-state index in [9.17, 15) is 0 Å². The highest BCUT2D eigenvalue weighted by atomic mass is 127. The summed E-state index contributed by atoms with van der Waals surface area (Å²) in [5.41, 5.74) is 6.85. The summed E-state index contributed by atoms with van der Waals surface area (Å²) < 4.78 is 1.32. The van der Waals surface area contributed by atoms with E-state index in [0.29, 0.717) is 0 Å². The molecule has 0 nitrogen and oxygen atoms in total. The van der Waals surface area contributed by atoms with Gasteiger partial charge in [-0.15, -0.1) is 0 Å². The second-order valence-corrected chi connectivity index (χ2v) is 6.83. The standard InChI is InChI=1S/C21H19I/c1-15-9-3-5-11-17(15)21(18-12-6-4-10-16(18)2)19-13-7-8-14-20(19)22/h3-14,21H,1-2H3. The predicted molar refractivity (Wildman–Crippen MR) is 102 cm³/mol. The van der Waals surface area contributed by atoms with Crippen molar-refractivity contribution in [3.63, 3.8) is 0 Å². The van der Waals surface area contributed by atoms with E-state index in [-0.39, 0.29) is 5.92 Å². The maximum Gasteiger partial charge on any atom is 0.0355 e. The van der Waals surface area contributed by atoms with E-state index >= 15 is 0 Å². The molecular formula is C21H19I. The van der Waals surface area contributed by atoms with Crippen LogP contribution in [0.3, 0.4) is 0 Å². The van der Waals surface area contributed by atoms with E-state index in [2.05, 4.69) is 109 Å². The fraction of sp³-hybridized carbons (Fsp3) is 0.143. The zero-order valence-corrected chi connectivity index (χ0v) is 15.0. The summed E-state index contributed by atoms with van der Waals surface area (Å²) in [5.74, 6) is 0.288. The lowest BCUT2D eigenvalue weighted by atomic mass is 9.81. The van der Waals surface area contributed by atoms with Crippen molar-refractivity contribution in [3.05, 3.63) is 104 Å². The van der Waals surface area contributed by atoms with E-state index in [4.69, 9.17) is 0 Å². The molecule has 110 valence electrons. The molecule has 0 aliphatic heterocycles. The summed E-state index contributed by atoms with van der Waals surface area (Å²) in [6, 6.07) is 26.1. The SMILES string of the molecule is Cc1ccccc1C(c1ccccc1C)c1ccccc1I. The van der Waals surface area contributed by atoms with Crippen molar-refractivity contribution in [2.75, 3.05) is 0 Å². The van der Waals surface area contributed by atoms with E-state index in [1.807, 2.05) is 0 Å². The molecule has 0 amide bonds. The summed E-state index contributed by atoms with van der Waals surface area (Å²) in [7, 11) is 0. The lowest BCUT2D eigenvalue weighted by Gasteiger charge is -2.23. The van der Waals surface area contributed by atoms with Crippen molar-refractivity contribution >= 4 is 22.6 Å². The summed E-state index contributed by atoms with van der Waals surface area (Å²) >= 11 is 2.45. The number of aryl methyl sites for hydroxylation is 2. The van der Waals surface area contributed by atoms with Gasteiger partial charge in [-0.05, 0) is 70.3 Å². The van der Waals surface area contributed by atoms with Crippen molar-refractivity contribution in [1.82, 2.24) is 0 Å². The minimum absolute atomic E-state index is 0.288. The van der Waals surface area contributed by atoms with Crippen LogP contribution < -0.4 is 0 Å². The third-order valence-corrected chi connectivity index (χ3v) is 5.20. The lowest BCUT2D eigenvalue weighted by molar-refractivity contribution is 0.942. The average molecular weight is 398 g/mol. The van der Waals surface area contributed by atoms with Crippen LogP contribution in [0.5, 0.6) is 0 Å². The number of hydrogen-bond acceptors (Lipinski definition) is 0. The van der Waals surface area contributed by atoms with Gasteiger partial charge >= 0.3 is 0 Å². The quantitative estimate of drug-likeness (QED) is 0.370. The lowest BCUT2D eigenvalue weighted by Crippen LogP contribution is -2.08. The molecule has 3 rings (SSSR count). The van der Waals surface area contributed by atoms with Crippen molar-refractivity contribution < 1.29 is 0 Å². The summed E-state index contributed by atoms with van der Waals surface area (Å²) in [6.07, 6.45) is 0. The first-order valence-electron chi connectivity index (χ1n) is 7.54. The Morgan fingerprint density at radius 2 is 1.00 bits per heavy atom. The van der Waals surface area contributed by atoms with Crippen LogP contribution in [0.1, 0.15) is 33.7 Å². The van der Waals surface area contributed by atoms with E-state index in [0.717, 1.165) is 0 Å². The molecule has 0 bridgehead atoms. The Morgan fingerprint density at radius 3 is 1.45 bits per heavy atom. The van der Waals surface area contributed by atoms with Gasteiger partial charge in [0.15, 0.2) is 0 Å². The van der Waals surface area contributed by atoms with Gasteiger partial charge in [0, 0.05) is 9.49 Å². The van der Waals surface area contributed by atoms with Crippen LogP contribution in [0.2, 0.25) is 0 Å². The Morgan fingerprint density at radius 1 is 0.591 bits per heavy atom. The van der Waals surface area contributed by atoms with Crippen LogP contribution in [0.25, 0.3) is 0 Å². The number of hydrogen-bond donors (Lipinski definition) is 0. The van der Waals surface area contributed by atoms with E-state index < -0.39 is 0 Å². The molecule has 0 aliphatic rings. The highest BCUT2D eigenvalue weighted by Crippen LogP contribution is 2.37. The molecular weight excluding hydrogens is 379 g/mol. The van der Waals surface area contributed by atoms with Crippen LogP contribution in [-0.2, 0) is 0 Å². The van der Waals surface area contributed by atoms with Crippen LogP contribution in [0.4, 0.5) is 0 Å². The molecule has 0 aliphatic carbocycles. The van der Waals surface area contributed by atoms with Gasteiger partial charge in [0.25, 0.3) is 0 Å². The molecule has 3 aromatic rings. The van der Waals surface area contributed by atoms with Gasteiger partial charge in [-0.25, -0.2) is 0 Å². The first kappa shape index (κ1) is 15.3. The molecule has 0 fully saturated rings. The van der Waals surface area contributed by atoms with Crippen molar-refractivity contribution in [3.8, 4) is 0 Å². The van der Waals surface area contributed by atoms with Gasteiger partial charge in [-0.2, -0.15) is 0 Å². The zero-order chi connectivity index (χ0) is 15.5. The second kappa shape index (κ2) is 6.66. The Balaban J connectivity index is 2.27. The highest BCUT2D eigenvalue weighted by molar-refractivity contribution is 14.1. The summed E-state index contributed by atoms with van der Waals surface area (Å²) in [5, 5.41) is 0. The van der Waals surface area contributed by atoms with E-state index in [1.165, 1.54) is 31.4 Å². The predicted octanol–water partition coefficient (Wildman–Crippen LogP) is 6.09. The molecule has 0 radical (unpaired) electrons. The third kappa shape index (κ3) is 2.95. The zero-order valence-electron chi connectivity index (χ0n) is 12.9. The van der Waals surface area contributed by atoms with Gasteiger partial charge in [-0.1, -0.05) is 66.7 Å². The van der Waals surface area contributed by atoms with Crippen LogP contribution in [0.15, 0.2) is 72.8 Å². The van der Waals surface area contributed by atoms with Gasteiger partial charge < -0.3 is 0 Å². The fourth-order valence-corrected chi connectivity index (χ4v) is 3.73. The minimum atomic E-state index is 0.288. The number of halogens is 1. The van der Waals surface area contributed by atoms with Gasteiger partial charge in [0.1, 0.15) is 0 Å². The average Bonchev–Trinajstić information content (AvgIpc) is 2.53. The summed E-state index contributed by atoms with van der Waals surface area (Å²) in [4.78, 5) is 0. The van der Waals surface area contributed by atoms with E-state index in [1.54, 1.807) is 0 Å². The second-order valence-electron chi connectivity index (χ2n) is 5.67. The molecule has 1 heteroatoms. The Hall–Kier alpha value is -1.61. The molecule has 0 saturated heterocycles. The molecule has 0 heterocycles. The molecule has 0 N–H and O–H groups in total. The summed E-state index contributed by atoms with van der Waals surface area (Å²) in [6.45, 7) is 4.41. The van der Waals surface area contributed by atoms with Crippen molar-refractivity contribution in [2.24, 2.45) is 0 Å². The maximum atomic E-state index is 2.45. The first-order chi connectivity index (χ1) is 10.7. The van der Waals surface area contributed by atoms with Crippen molar-refractivity contribution in [1.29, 1.82) is 0 Å². The van der Waals surface area contributed by atoms with Gasteiger partial charge in [0.2, 0.25) is 0 Å². The normalized spacial score (nSPS) is 10.9. The molecule has 0 atom stereocenters. The number of benzene rings is 3. The van der Waals surface area contributed by atoms with Gasteiger partial charge in [-0.3, -0.25) is 0 Å². The molecule has 0 unspecified atom stereocenters. The maximum absolute atomic E-state index is 2.45. The van der Waals surface area contributed by atoms with Gasteiger partial charge in [0.05, 0.1) is 0 Å². The first-order valence-corrected chi connectivity index (χ1v) is 8.62. The smallest absolute Gasteiger partial charge is 0.0355 e. The Labute approximate surface area is 146 Å². The fourth-order valence-electron chi connectivity index (χ4n) is 3.03. The molecule has 0 aromatic heterocycles. The molecule has 0 saturated carbocycles. The Bertz CT molecular complexity index is 681. The molecule has 3 aromatic carbocycles. The van der Waals surface area contributed by atoms with Crippen LogP contribution in [-0.4, -0.2) is 0 Å². The highest BCUT2D eigenvalue weighted by Gasteiger charge is 2.21. The van der Waals surface area contributed by atoms with Crippen LogP contribution >= 0.6 is 22.6 Å².